The second kappa shape index (κ2) is 18.1. The van der Waals surface area contributed by atoms with Crippen LogP contribution in [0.1, 0.15) is 72.9 Å². The van der Waals surface area contributed by atoms with Gasteiger partial charge in [0.1, 0.15) is 17.2 Å². The van der Waals surface area contributed by atoms with E-state index in [-0.39, 0.29) is 41.9 Å². The number of H-pyrrole nitrogens is 1. The number of urea groups is 1. The summed E-state index contributed by atoms with van der Waals surface area (Å²) in [6.07, 6.45) is 9.08. The molecule has 1 atom stereocenters. The third-order valence-electron chi connectivity index (χ3n) is 11.9. The number of fused-ring (bicyclic) bond motifs is 1. The summed E-state index contributed by atoms with van der Waals surface area (Å²) >= 11 is 0. The molecule has 5 aromatic rings. The van der Waals surface area contributed by atoms with Gasteiger partial charge in [0.25, 0.3) is 5.91 Å². The summed E-state index contributed by atoms with van der Waals surface area (Å²) < 4.78 is 64.5. The molecule has 3 saturated heterocycles. The van der Waals surface area contributed by atoms with Crippen LogP contribution in [0.5, 0.6) is 5.75 Å². The number of carbonyl (C=O) groups excluding carboxylic acids is 4. The van der Waals surface area contributed by atoms with E-state index in [1.54, 1.807) is 31.6 Å². The highest BCUT2D eigenvalue weighted by atomic mass is 32.2. The summed E-state index contributed by atoms with van der Waals surface area (Å²) in [5, 5.41) is 5.79. The molecular weight excluding hydrogens is 839 g/mol. The van der Waals surface area contributed by atoms with Crippen molar-refractivity contribution < 1.29 is 41.1 Å². The molecule has 0 aliphatic carbocycles. The van der Waals surface area contributed by atoms with Crippen LogP contribution in [0.25, 0.3) is 22.2 Å². The van der Waals surface area contributed by atoms with Gasteiger partial charge in [-0.1, -0.05) is 19.1 Å². The monoisotopic (exact) mass is 884 g/mol. The Balaban J connectivity index is 0.833. The lowest BCUT2D eigenvalue weighted by molar-refractivity contribution is -0.138. The fourth-order valence-electron chi connectivity index (χ4n) is 8.02. The Morgan fingerprint density at radius 1 is 0.921 bits per heavy atom. The predicted octanol–water partition coefficient (Wildman–Crippen LogP) is 4.88. The summed E-state index contributed by atoms with van der Waals surface area (Å²) in [4.78, 5) is 70.7. The molecule has 3 fully saturated rings. The second-order valence-electron chi connectivity index (χ2n) is 15.8. The molecule has 3 aliphatic heterocycles. The topological polar surface area (TPSA) is 212 Å². The minimum atomic E-state index is -4.15. The quantitative estimate of drug-likeness (QED) is 0.0980. The summed E-state index contributed by atoms with van der Waals surface area (Å²) in [5.74, 6) is -2.83. The van der Waals surface area contributed by atoms with Gasteiger partial charge in [0.2, 0.25) is 17.6 Å². The number of aromatic nitrogens is 4. The first-order valence-corrected chi connectivity index (χ1v) is 22.2. The van der Waals surface area contributed by atoms with Crippen molar-refractivity contribution in [1.29, 1.82) is 0 Å². The number of benzene rings is 2. The number of rotatable bonds is 12. The number of aromatic amines is 1. The lowest BCUT2D eigenvalue weighted by atomic mass is 9.89. The first kappa shape index (κ1) is 43.1. The molecular formula is C43H46F2N10O7S. The number of nitrogens with one attached hydrogen (secondary N) is 4. The fourth-order valence-corrected chi connectivity index (χ4v) is 8.95. The molecule has 1 unspecified atom stereocenters. The number of halogens is 2. The van der Waals surface area contributed by atoms with Crippen molar-refractivity contribution in [1.82, 2.24) is 39.8 Å². The molecule has 0 saturated carbocycles. The maximum Gasteiger partial charge on any atom is 0.317 e. The number of carbonyl (C=O) groups is 4. The van der Waals surface area contributed by atoms with E-state index in [0.717, 1.165) is 34.8 Å². The largest absolute Gasteiger partial charge is 0.481 e. The minimum Gasteiger partial charge on any atom is -0.481 e. The molecule has 0 spiro atoms. The van der Waals surface area contributed by atoms with Gasteiger partial charge in [-0.3, -0.25) is 24.4 Å². The van der Waals surface area contributed by atoms with Gasteiger partial charge in [-0.25, -0.2) is 28.5 Å². The van der Waals surface area contributed by atoms with E-state index in [1.165, 1.54) is 13.2 Å². The number of imide groups is 1. The average Bonchev–Trinajstić information content (AvgIpc) is 3.72. The third kappa shape index (κ3) is 9.31. The number of ether oxygens (including phenoxy) is 1. The normalized spacial score (nSPS) is 17.8. The Morgan fingerprint density at radius 3 is 2.30 bits per heavy atom. The van der Waals surface area contributed by atoms with Crippen LogP contribution < -0.4 is 25.0 Å². The third-order valence-corrected chi connectivity index (χ3v) is 13.4. The first-order chi connectivity index (χ1) is 30.3. The molecule has 8 rings (SSSR count). The van der Waals surface area contributed by atoms with E-state index in [9.17, 15) is 27.6 Å². The number of amides is 4. The number of nitrogens with zero attached hydrogens (tertiary/aromatic N) is 6. The first-order valence-electron chi connectivity index (χ1n) is 20.7. The smallest absolute Gasteiger partial charge is 0.317 e. The summed E-state index contributed by atoms with van der Waals surface area (Å²) in [6.45, 7) is 4.20. The average molecular weight is 885 g/mol. The summed E-state index contributed by atoms with van der Waals surface area (Å²) in [5.41, 5.74) is 1.02. The molecule has 3 aliphatic rings. The summed E-state index contributed by atoms with van der Waals surface area (Å²) in [6, 6.07) is 11.0. The Morgan fingerprint density at radius 2 is 1.62 bits per heavy atom. The van der Waals surface area contributed by atoms with Gasteiger partial charge in [-0.15, -0.1) is 0 Å². The molecule has 3 aromatic heterocycles. The van der Waals surface area contributed by atoms with Crippen LogP contribution in [0, 0.1) is 11.6 Å². The van der Waals surface area contributed by atoms with Crippen molar-refractivity contribution in [2.75, 3.05) is 49.4 Å². The number of likely N-dealkylation sites (tertiary alicyclic amines) is 1. The fraction of sp³-hybridized carbons (Fsp3) is 0.372. The predicted molar refractivity (Wildman–Crippen MR) is 228 cm³/mol. The van der Waals surface area contributed by atoms with Crippen molar-refractivity contribution >= 4 is 56.5 Å². The zero-order valence-electron chi connectivity index (χ0n) is 34.6. The van der Waals surface area contributed by atoms with Gasteiger partial charge in [-0.05, 0) is 67.5 Å². The molecule has 2 aromatic carbocycles. The molecule has 4 amide bonds. The summed E-state index contributed by atoms with van der Waals surface area (Å²) in [7, 11) is -2.86. The van der Waals surface area contributed by atoms with Crippen LogP contribution in [0.2, 0.25) is 0 Å². The minimum absolute atomic E-state index is 0.00444. The van der Waals surface area contributed by atoms with E-state index in [1.807, 2.05) is 34.1 Å². The van der Waals surface area contributed by atoms with Gasteiger partial charge in [0.15, 0.2) is 11.9 Å². The van der Waals surface area contributed by atoms with Crippen molar-refractivity contribution in [3.05, 3.63) is 95.6 Å². The van der Waals surface area contributed by atoms with Crippen LogP contribution in [0.3, 0.4) is 0 Å². The molecule has 330 valence electrons. The van der Waals surface area contributed by atoms with E-state index in [0.29, 0.717) is 79.8 Å². The number of hydrogen-bond donors (Lipinski definition) is 4. The lowest BCUT2D eigenvalue weighted by Gasteiger charge is -2.36. The van der Waals surface area contributed by atoms with Crippen LogP contribution in [-0.2, 0) is 19.8 Å². The van der Waals surface area contributed by atoms with Crippen LogP contribution in [0.4, 0.5) is 25.2 Å². The zero-order chi connectivity index (χ0) is 44.4. The van der Waals surface area contributed by atoms with Crippen molar-refractivity contribution in [3.63, 3.8) is 0 Å². The van der Waals surface area contributed by atoms with E-state index >= 15 is 8.78 Å². The number of pyridine rings is 1. The van der Waals surface area contributed by atoms with E-state index in [2.05, 4.69) is 35.3 Å². The van der Waals surface area contributed by atoms with E-state index < -0.39 is 50.9 Å². The Kier molecular flexibility index (Phi) is 12.4. The molecule has 4 N–H and O–H groups in total. The SMILES string of the molecule is CCN(C)S(=O)(=O)Nc1ccc(F)c(C(=O)c2c[nH]c3ncc(-c4cnc(N5CCC(NC(=O)N6CCC(c7ccc(OC8CCC(=O)NC8=O)cc7)CC6)CC5)nc4)cc23)c1F. The maximum absolute atomic E-state index is 15.6. The molecule has 0 radical (unpaired) electrons. The zero-order valence-corrected chi connectivity index (χ0v) is 35.4. The Labute approximate surface area is 361 Å². The standard InChI is InChI=1S/C43H46F2N10O7S/c1-3-53(2)63(60,61)52-34-9-8-33(44)37(38(34)45)39(57)32-24-47-40-31(32)20-27(21-46-40)28-22-48-42(49-23-28)54-18-14-29(15-19-54)50-43(59)55-16-12-26(13-17-55)25-4-6-30(7-5-25)62-35-10-11-36(56)51-41(35)58/h4-9,20-24,26,29,35,52H,3,10-19H2,1-2H3,(H,46,47)(H,50,59)(H,51,56,58). The molecule has 6 heterocycles. The molecule has 20 heteroatoms. The van der Waals surface area contributed by atoms with Crippen LogP contribution in [0.15, 0.2) is 67.3 Å². The maximum atomic E-state index is 15.6. The number of anilines is 2. The van der Waals surface area contributed by atoms with Gasteiger partial charge in [-0.2, -0.15) is 12.7 Å². The van der Waals surface area contributed by atoms with Crippen LogP contribution in [-0.4, -0.2) is 113 Å². The number of piperidine rings is 3. The molecule has 0 bridgehead atoms. The van der Waals surface area contributed by atoms with E-state index in [4.69, 9.17) is 4.74 Å². The van der Waals surface area contributed by atoms with Crippen molar-refractivity contribution in [3.8, 4) is 16.9 Å². The second-order valence-corrected chi connectivity index (χ2v) is 17.6. The molecule has 17 nitrogen and oxygen atoms in total. The van der Waals surface area contributed by atoms with Gasteiger partial charge in [0.05, 0.1) is 11.3 Å². The lowest BCUT2D eigenvalue weighted by Crippen LogP contribution is -2.51. The van der Waals surface area contributed by atoms with Crippen molar-refractivity contribution in [2.24, 2.45) is 0 Å². The van der Waals surface area contributed by atoms with Gasteiger partial charge >= 0.3 is 16.2 Å². The highest BCUT2D eigenvalue weighted by Crippen LogP contribution is 2.32. The number of ketones is 1. The highest BCUT2D eigenvalue weighted by Gasteiger charge is 2.31. The number of hydrogen-bond acceptors (Lipinski definition) is 11. The van der Waals surface area contributed by atoms with Gasteiger partial charge < -0.3 is 24.8 Å². The van der Waals surface area contributed by atoms with Crippen LogP contribution >= 0.6 is 0 Å². The van der Waals surface area contributed by atoms with Gasteiger partial charge in [0, 0.05) is 106 Å². The highest BCUT2D eigenvalue weighted by molar-refractivity contribution is 7.90. The van der Waals surface area contributed by atoms with Crippen molar-refractivity contribution in [2.45, 2.75) is 63.5 Å². The molecule has 63 heavy (non-hydrogen) atoms. The Hall–Kier alpha value is -6.54. The Bertz CT molecular complexity index is 2650.